The van der Waals surface area contributed by atoms with E-state index in [1.54, 1.807) is 0 Å². The van der Waals surface area contributed by atoms with Crippen molar-refractivity contribution < 1.29 is 0 Å². The number of piperidine rings is 1. The number of pyridine rings is 1. The van der Waals surface area contributed by atoms with Gasteiger partial charge in [-0.2, -0.15) is 0 Å². The Morgan fingerprint density at radius 1 is 1.29 bits per heavy atom. The fourth-order valence-corrected chi connectivity index (χ4v) is 2.87. The first-order valence-corrected chi connectivity index (χ1v) is 6.42. The zero-order valence-electron chi connectivity index (χ0n) is 10.5. The van der Waals surface area contributed by atoms with E-state index in [-0.39, 0.29) is 0 Å². The van der Waals surface area contributed by atoms with E-state index in [1.807, 2.05) is 0 Å². The largest absolute Gasteiger partial charge is 0.317 e. The first kappa shape index (κ1) is 10.8. The van der Waals surface area contributed by atoms with Gasteiger partial charge in [-0.3, -0.25) is 0 Å². The van der Waals surface area contributed by atoms with Gasteiger partial charge in [-0.25, -0.2) is 4.98 Å². The van der Waals surface area contributed by atoms with Crippen LogP contribution in [0.4, 0.5) is 0 Å². The van der Waals surface area contributed by atoms with Crippen LogP contribution in [0.5, 0.6) is 0 Å². The molecule has 0 atom stereocenters. The number of aryl methyl sites for hydroxylation is 2. The summed E-state index contributed by atoms with van der Waals surface area (Å²) in [5.74, 6) is 1.73. The van der Waals surface area contributed by atoms with Crippen molar-refractivity contribution in [1.29, 1.82) is 0 Å². The zero-order chi connectivity index (χ0) is 11.8. The summed E-state index contributed by atoms with van der Waals surface area (Å²) in [5.41, 5.74) is 3.97. The van der Waals surface area contributed by atoms with Gasteiger partial charge in [0.25, 0.3) is 0 Å². The molecule has 1 aliphatic rings. The summed E-state index contributed by atoms with van der Waals surface area (Å²) in [5, 5.41) is 3.42. The summed E-state index contributed by atoms with van der Waals surface area (Å²) in [6.45, 7) is 6.52. The predicted octanol–water partition coefficient (Wildman–Crippen LogP) is 2.42. The molecule has 3 heterocycles. The third-order valence-corrected chi connectivity index (χ3v) is 3.80. The van der Waals surface area contributed by atoms with Crippen molar-refractivity contribution in [3.8, 4) is 0 Å². The SMILES string of the molecule is Cc1cccn2c(C)nc(C3CCNCC3)c12. The third-order valence-electron chi connectivity index (χ3n) is 3.80. The monoisotopic (exact) mass is 229 g/mol. The van der Waals surface area contributed by atoms with E-state index in [1.165, 1.54) is 29.6 Å². The highest BCUT2D eigenvalue weighted by Crippen LogP contribution is 2.30. The molecule has 3 heteroatoms. The van der Waals surface area contributed by atoms with Crippen LogP contribution >= 0.6 is 0 Å². The standard InChI is InChI=1S/C14H19N3/c1-10-4-3-9-17-11(2)16-13(14(10)17)12-5-7-15-8-6-12/h3-4,9,12,15H,5-8H2,1-2H3. The molecule has 2 aromatic heterocycles. The summed E-state index contributed by atoms with van der Waals surface area (Å²) in [6, 6.07) is 4.28. The molecule has 1 aliphatic heterocycles. The second-order valence-electron chi connectivity index (χ2n) is 4.98. The van der Waals surface area contributed by atoms with Gasteiger partial charge in [0.2, 0.25) is 0 Å². The Hall–Kier alpha value is -1.35. The van der Waals surface area contributed by atoms with Crippen molar-refractivity contribution in [3.63, 3.8) is 0 Å². The number of nitrogens with one attached hydrogen (secondary N) is 1. The molecule has 0 unspecified atom stereocenters. The molecule has 0 aliphatic carbocycles. The summed E-state index contributed by atoms with van der Waals surface area (Å²) in [7, 11) is 0. The van der Waals surface area contributed by atoms with Gasteiger partial charge in [-0.1, -0.05) is 6.07 Å². The van der Waals surface area contributed by atoms with Crippen LogP contribution in [0.15, 0.2) is 18.3 Å². The molecule has 1 fully saturated rings. The molecule has 0 aromatic carbocycles. The van der Waals surface area contributed by atoms with Crippen molar-refractivity contribution in [1.82, 2.24) is 14.7 Å². The molecule has 0 saturated carbocycles. The maximum absolute atomic E-state index is 4.81. The van der Waals surface area contributed by atoms with E-state index < -0.39 is 0 Å². The summed E-state index contributed by atoms with van der Waals surface area (Å²) in [4.78, 5) is 4.81. The second kappa shape index (κ2) is 4.15. The Balaban J connectivity index is 2.15. The quantitative estimate of drug-likeness (QED) is 0.813. The molecule has 3 rings (SSSR count). The van der Waals surface area contributed by atoms with Crippen LogP contribution in [0.25, 0.3) is 5.52 Å². The van der Waals surface area contributed by atoms with E-state index in [2.05, 4.69) is 41.9 Å². The summed E-state index contributed by atoms with van der Waals surface area (Å²) < 4.78 is 2.23. The highest BCUT2D eigenvalue weighted by molar-refractivity contribution is 5.60. The fraction of sp³-hybridized carbons (Fsp3) is 0.500. The molecular formula is C14H19N3. The van der Waals surface area contributed by atoms with Gasteiger partial charge in [0.05, 0.1) is 11.2 Å². The topological polar surface area (TPSA) is 29.3 Å². The lowest BCUT2D eigenvalue weighted by atomic mass is 9.93. The van der Waals surface area contributed by atoms with E-state index in [9.17, 15) is 0 Å². The number of hydrogen-bond acceptors (Lipinski definition) is 2. The maximum Gasteiger partial charge on any atom is 0.110 e. The Labute approximate surface area is 102 Å². The average molecular weight is 229 g/mol. The number of aromatic nitrogens is 2. The first-order chi connectivity index (χ1) is 8.27. The van der Waals surface area contributed by atoms with Crippen LogP contribution < -0.4 is 5.32 Å². The molecule has 90 valence electrons. The summed E-state index contributed by atoms with van der Waals surface area (Å²) in [6.07, 6.45) is 4.54. The van der Waals surface area contributed by atoms with E-state index in [4.69, 9.17) is 4.98 Å². The Morgan fingerprint density at radius 3 is 2.82 bits per heavy atom. The molecular weight excluding hydrogens is 210 g/mol. The smallest absolute Gasteiger partial charge is 0.110 e. The van der Waals surface area contributed by atoms with Gasteiger partial charge in [0.15, 0.2) is 0 Å². The predicted molar refractivity (Wildman–Crippen MR) is 69.5 cm³/mol. The van der Waals surface area contributed by atoms with E-state index in [0.717, 1.165) is 18.9 Å². The van der Waals surface area contributed by atoms with E-state index >= 15 is 0 Å². The minimum atomic E-state index is 0.626. The van der Waals surface area contributed by atoms with Crippen molar-refractivity contribution in [3.05, 3.63) is 35.4 Å². The van der Waals surface area contributed by atoms with Gasteiger partial charge >= 0.3 is 0 Å². The number of hydrogen-bond donors (Lipinski definition) is 1. The van der Waals surface area contributed by atoms with Crippen LogP contribution in [-0.2, 0) is 0 Å². The lowest BCUT2D eigenvalue weighted by Crippen LogP contribution is -2.26. The fourth-order valence-electron chi connectivity index (χ4n) is 2.87. The number of imidazole rings is 1. The Morgan fingerprint density at radius 2 is 2.06 bits per heavy atom. The van der Waals surface area contributed by atoms with Gasteiger partial charge in [0.1, 0.15) is 5.82 Å². The van der Waals surface area contributed by atoms with Gasteiger partial charge in [0, 0.05) is 12.1 Å². The molecule has 2 aromatic rings. The summed E-state index contributed by atoms with van der Waals surface area (Å²) >= 11 is 0. The second-order valence-corrected chi connectivity index (χ2v) is 4.98. The minimum Gasteiger partial charge on any atom is -0.317 e. The highest BCUT2D eigenvalue weighted by atomic mass is 15.0. The molecule has 3 nitrogen and oxygen atoms in total. The Bertz CT molecular complexity index is 536. The van der Waals surface area contributed by atoms with Crippen LogP contribution in [-0.4, -0.2) is 22.5 Å². The number of rotatable bonds is 1. The zero-order valence-corrected chi connectivity index (χ0v) is 10.5. The van der Waals surface area contributed by atoms with Crippen molar-refractivity contribution in [2.45, 2.75) is 32.6 Å². The van der Waals surface area contributed by atoms with Crippen molar-refractivity contribution in [2.24, 2.45) is 0 Å². The van der Waals surface area contributed by atoms with Gasteiger partial charge in [-0.15, -0.1) is 0 Å². The highest BCUT2D eigenvalue weighted by Gasteiger charge is 2.21. The van der Waals surface area contributed by atoms with Gasteiger partial charge in [-0.05, 0) is 51.4 Å². The van der Waals surface area contributed by atoms with E-state index in [0.29, 0.717) is 5.92 Å². The lowest BCUT2D eigenvalue weighted by molar-refractivity contribution is 0.456. The minimum absolute atomic E-state index is 0.626. The van der Waals surface area contributed by atoms with Gasteiger partial charge < -0.3 is 9.72 Å². The average Bonchev–Trinajstić information content (AvgIpc) is 2.70. The van der Waals surface area contributed by atoms with Crippen molar-refractivity contribution >= 4 is 5.52 Å². The Kier molecular flexibility index (Phi) is 2.63. The van der Waals surface area contributed by atoms with Crippen LogP contribution in [0.3, 0.4) is 0 Å². The van der Waals surface area contributed by atoms with Crippen LogP contribution in [0, 0.1) is 13.8 Å². The lowest BCUT2D eigenvalue weighted by Gasteiger charge is -2.21. The first-order valence-electron chi connectivity index (χ1n) is 6.42. The molecule has 0 amide bonds. The van der Waals surface area contributed by atoms with Crippen LogP contribution in [0.1, 0.15) is 35.8 Å². The number of fused-ring (bicyclic) bond motifs is 1. The normalized spacial score (nSPS) is 17.8. The molecule has 1 N–H and O–H groups in total. The molecule has 1 saturated heterocycles. The van der Waals surface area contributed by atoms with Crippen LogP contribution in [0.2, 0.25) is 0 Å². The number of nitrogens with zero attached hydrogens (tertiary/aromatic N) is 2. The maximum atomic E-state index is 4.81. The molecule has 0 radical (unpaired) electrons. The molecule has 0 bridgehead atoms. The molecule has 17 heavy (non-hydrogen) atoms. The van der Waals surface area contributed by atoms with Crippen molar-refractivity contribution in [2.75, 3.05) is 13.1 Å². The molecule has 0 spiro atoms. The third kappa shape index (κ3) is 1.75.